The van der Waals surface area contributed by atoms with E-state index in [2.05, 4.69) is 106 Å². The lowest BCUT2D eigenvalue weighted by Gasteiger charge is -2.38. The van der Waals surface area contributed by atoms with Crippen LogP contribution in [0.5, 0.6) is 0 Å². The third-order valence-corrected chi connectivity index (χ3v) is 14.8. The van der Waals surface area contributed by atoms with Crippen molar-refractivity contribution in [1.82, 2.24) is 51.1 Å². The molecule has 5 saturated heterocycles. The highest BCUT2D eigenvalue weighted by molar-refractivity contribution is 5.79. The summed E-state index contributed by atoms with van der Waals surface area (Å²) in [5.41, 5.74) is 0.339. The lowest BCUT2D eigenvalue weighted by Crippen LogP contribution is -2.52. The van der Waals surface area contributed by atoms with Crippen LogP contribution in [0.25, 0.3) is 0 Å². The number of carbonyl (C=O) groups excluding carboxylic acids is 5. The van der Waals surface area contributed by atoms with Crippen LogP contribution in [0.4, 0.5) is 0 Å². The summed E-state index contributed by atoms with van der Waals surface area (Å²) in [5, 5.41) is 15.1. The van der Waals surface area contributed by atoms with Crippen molar-refractivity contribution in [2.24, 2.45) is 46.8 Å². The third-order valence-electron chi connectivity index (χ3n) is 14.8. The predicted octanol–water partition coefficient (Wildman–Crippen LogP) is 8.13. The molecule has 0 aliphatic carbocycles. The van der Waals surface area contributed by atoms with Crippen LogP contribution >= 0.6 is 0 Å². The van der Waals surface area contributed by atoms with Crippen molar-refractivity contribution < 1.29 is 24.0 Å². The molecule has 4 unspecified atom stereocenters. The highest BCUT2D eigenvalue weighted by atomic mass is 16.2. The summed E-state index contributed by atoms with van der Waals surface area (Å²) in [7, 11) is 0. The molecular formula is C61H122N10O5. The largest absolute Gasteiger partial charge is 0.355 e. The first-order valence-electron chi connectivity index (χ1n) is 30.6. The van der Waals surface area contributed by atoms with Gasteiger partial charge < -0.3 is 51.1 Å². The number of nitrogens with one attached hydrogen (secondary N) is 5. The van der Waals surface area contributed by atoms with Crippen LogP contribution in [0.3, 0.4) is 0 Å². The van der Waals surface area contributed by atoms with Gasteiger partial charge in [-0.15, -0.1) is 0 Å². The average Bonchev–Trinajstić information content (AvgIpc) is 4.04. The highest BCUT2D eigenvalue weighted by Crippen LogP contribution is 2.28. The predicted molar refractivity (Wildman–Crippen MR) is 318 cm³/mol. The van der Waals surface area contributed by atoms with Gasteiger partial charge in [-0.25, -0.2) is 0 Å². The van der Waals surface area contributed by atoms with Crippen molar-refractivity contribution in [3.63, 3.8) is 0 Å². The van der Waals surface area contributed by atoms with Crippen LogP contribution in [-0.4, -0.2) is 183 Å². The van der Waals surface area contributed by atoms with E-state index < -0.39 is 0 Å². The van der Waals surface area contributed by atoms with Gasteiger partial charge in [-0.05, 0) is 149 Å². The summed E-state index contributed by atoms with van der Waals surface area (Å²) in [4.78, 5) is 69.5. The van der Waals surface area contributed by atoms with Gasteiger partial charge >= 0.3 is 0 Å². The zero-order valence-corrected chi connectivity index (χ0v) is 52.6. The molecule has 0 aromatic rings. The molecule has 5 fully saturated rings. The lowest BCUT2D eigenvalue weighted by molar-refractivity contribution is -0.126. The molecule has 446 valence electrons. The smallest absolute Gasteiger partial charge is 0.223 e. The first-order chi connectivity index (χ1) is 35.5. The fraction of sp³-hybridized carbons (Fsp3) is 0.918. The van der Waals surface area contributed by atoms with Gasteiger partial charge in [0.05, 0.1) is 0 Å². The van der Waals surface area contributed by atoms with E-state index in [1.165, 1.54) is 123 Å². The summed E-state index contributed by atoms with van der Waals surface area (Å²) in [5.74, 6) is 2.85. The lowest BCUT2D eigenvalue weighted by atomic mass is 9.84. The van der Waals surface area contributed by atoms with Crippen molar-refractivity contribution in [2.45, 2.75) is 206 Å². The molecule has 15 nitrogen and oxygen atoms in total. The minimum atomic E-state index is -0.105. The second-order valence-corrected chi connectivity index (χ2v) is 26.6. The van der Waals surface area contributed by atoms with Gasteiger partial charge in [-0.1, -0.05) is 103 Å². The normalized spacial score (nSPS) is 21.5. The van der Waals surface area contributed by atoms with Crippen molar-refractivity contribution in [3.8, 4) is 0 Å². The molecule has 0 bridgehead atoms. The first kappa shape index (κ1) is 71.2. The van der Waals surface area contributed by atoms with Crippen LogP contribution in [0.2, 0.25) is 0 Å². The number of hydrogen-bond acceptors (Lipinski definition) is 10. The Bertz CT molecular complexity index is 1570. The Morgan fingerprint density at radius 2 is 0.829 bits per heavy atom. The number of rotatable bonds is 20. The molecule has 5 amide bonds. The van der Waals surface area contributed by atoms with Crippen LogP contribution in [0.1, 0.15) is 189 Å². The number of piperidine rings is 3. The highest BCUT2D eigenvalue weighted by Gasteiger charge is 2.28. The second kappa shape index (κ2) is 37.9. The Morgan fingerprint density at radius 3 is 1.21 bits per heavy atom. The molecule has 0 aromatic carbocycles. The van der Waals surface area contributed by atoms with Crippen molar-refractivity contribution in [2.75, 3.05) is 111 Å². The minimum Gasteiger partial charge on any atom is -0.355 e. The Morgan fingerprint density at radius 1 is 0.474 bits per heavy atom. The topological polar surface area (TPSA) is 162 Å². The average molecular weight is 1080 g/mol. The van der Waals surface area contributed by atoms with E-state index in [1.807, 2.05) is 69.2 Å². The van der Waals surface area contributed by atoms with Gasteiger partial charge in [0.1, 0.15) is 0 Å². The van der Waals surface area contributed by atoms with Crippen molar-refractivity contribution >= 4 is 29.5 Å². The number of hydrogen-bond donors (Lipinski definition) is 5. The zero-order valence-electron chi connectivity index (χ0n) is 52.6. The van der Waals surface area contributed by atoms with Crippen molar-refractivity contribution in [1.29, 1.82) is 0 Å². The fourth-order valence-electron chi connectivity index (χ4n) is 10.6. The molecular weight excluding hydrogens is 953 g/mol. The minimum absolute atomic E-state index is 0.0721. The molecule has 0 saturated carbocycles. The quantitative estimate of drug-likeness (QED) is 0.0806. The molecule has 5 rings (SSSR count). The number of likely N-dealkylation sites (tertiary alicyclic amines) is 5. The number of carbonyl (C=O) groups is 5. The second-order valence-electron chi connectivity index (χ2n) is 26.6. The summed E-state index contributed by atoms with van der Waals surface area (Å²) in [6.45, 7) is 55.3. The standard InChI is InChI=1S/2C13H26N2O.2C12H24N2O.C11H22N2O/c1-10(2)13(16)14-5-6-15-8-11(3)7-12(4)9-15;1-11(2)12(16)14-7-9-15-8-5-6-13(3,4)10-15;1-10(2)11(15)13-12(3,4)9-14-7-5-6-8-14;1-10(2)12(15)13-11(3)9-14-7-5-4-6-8-14;1-9(2)11(14)12-10(3)8-13-6-4-5-7-13/h10-12H,5-9H2,1-4H3,(H,14,16);11H,5-10H2,1-4H3,(H,14,16);10H,5-9H2,1-4H3,(H,13,15);10-11H,4-9H2,1-3H3,(H,13,15);9-10H,4-8H2,1-3H3,(H,12,14). The Balaban J connectivity index is 0.000000475. The fourth-order valence-corrected chi connectivity index (χ4v) is 10.6. The van der Waals surface area contributed by atoms with Gasteiger partial charge in [-0.2, -0.15) is 0 Å². The molecule has 15 heteroatoms. The molecule has 5 N–H and O–H groups in total. The molecule has 4 atom stereocenters. The molecule has 5 aliphatic rings. The Labute approximate surface area is 467 Å². The third kappa shape index (κ3) is 34.2. The van der Waals surface area contributed by atoms with Crippen LogP contribution in [-0.2, 0) is 24.0 Å². The van der Waals surface area contributed by atoms with Crippen LogP contribution in [0, 0.1) is 46.8 Å². The van der Waals surface area contributed by atoms with Gasteiger partial charge in [0.15, 0.2) is 0 Å². The summed E-state index contributed by atoms with van der Waals surface area (Å²) in [6.07, 6.45) is 13.2. The van der Waals surface area contributed by atoms with Gasteiger partial charge in [-0.3, -0.25) is 24.0 Å². The monoisotopic (exact) mass is 1070 g/mol. The Hall–Kier alpha value is -2.85. The number of amides is 5. The van der Waals surface area contributed by atoms with E-state index in [1.54, 1.807) is 0 Å². The van der Waals surface area contributed by atoms with E-state index >= 15 is 0 Å². The molecule has 0 radical (unpaired) electrons. The molecule has 5 heterocycles. The van der Waals surface area contributed by atoms with Crippen molar-refractivity contribution in [3.05, 3.63) is 0 Å². The van der Waals surface area contributed by atoms with Gasteiger partial charge in [0.25, 0.3) is 0 Å². The summed E-state index contributed by atoms with van der Waals surface area (Å²) >= 11 is 0. The maximum absolute atomic E-state index is 11.6. The Kier molecular flexibility index (Phi) is 35.5. The first-order valence-corrected chi connectivity index (χ1v) is 30.6. The van der Waals surface area contributed by atoms with E-state index in [4.69, 9.17) is 0 Å². The zero-order chi connectivity index (χ0) is 57.6. The van der Waals surface area contributed by atoms with E-state index in [0.29, 0.717) is 5.41 Å². The molecule has 0 aromatic heterocycles. The van der Waals surface area contributed by atoms with E-state index in [-0.39, 0.29) is 76.7 Å². The van der Waals surface area contributed by atoms with Gasteiger partial charge in [0, 0.05) is 113 Å². The maximum Gasteiger partial charge on any atom is 0.223 e. The molecule has 5 aliphatic heterocycles. The summed E-state index contributed by atoms with van der Waals surface area (Å²) in [6, 6.07) is 0.556. The maximum atomic E-state index is 11.6. The van der Waals surface area contributed by atoms with E-state index in [0.717, 1.165) is 64.2 Å². The SMILES string of the molecule is CC(C)C(=O)NC(C)(C)CN1CCCC1.CC(C)C(=O)NCCN1CCCC(C)(C)C1.CC(CN1CCCC1)NC(=O)C(C)C.CC(CN1CCCCC1)NC(=O)C(C)C.CC1CC(C)CN(CCNC(=O)C(C)C)C1. The molecule has 0 spiro atoms. The van der Waals surface area contributed by atoms with E-state index in [9.17, 15) is 24.0 Å². The molecule has 76 heavy (non-hydrogen) atoms. The van der Waals surface area contributed by atoms with Crippen LogP contribution < -0.4 is 26.6 Å². The summed E-state index contributed by atoms with van der Waals surface area (Å²) < 4.78 is 0. The van der Waals surface area contributed by atoms with Crippen LogP contribution in [0.15, 0.2) is 0 Å². The number of nitrogens with zero attached hydrogens (tertiary/aromatic N) is 5. The van der Waals surface area contributed by atoms with Gasteiger partial charge in [0.2, 0.25) is 29.5 Å².